The molecule has 0 saturated carbocycles. The Labute approximate surface area is 419 Å². The molecule has 0 saturated heterocycles. The molecule has 2 aliphatic heterocycles. The van der Waals surface area contributed by atoms with E-state index in [-0.39, 0.29) is 0 Å². The molecule has 3 N–H and O–H groups in total. The van der Waals surface area contributed by atoms with Crippen molar-refractivity contribution >= 4 is 38.5 Å². The second kappa shape index (κ2) is 24.0. The van der Waals surface area contributed by atoms with Gasteiger partial charge in [-0.2, -0.15) is 0 Å². The summed E-state index contributed by atoms with van der Waals surface area (Å²) in [6, 6.07) is 24.6. The Morgan fingerprint density at radius 1 is 0.714 bits per heavy atom. The van der Waals surface area contributed by atoms with Crippen LogP contribution in [0.3, 0.4) is 0 Å². The smallest absolute Gasteiger partial charge is 0.493 e. The number of aldehydes is 1. The van der Waals surface area contributed by atoms with Crippen molar-refractivity contribution in [3.8, 4) is 46.3 Å². The number of pyridine rings is 1. The number of aliphatic imine (C=N–C) groups is 2. The van der Waals surface area contributed by atoms with Gasteiger partial charge in [-0.1, -0.05) is 33.3 Å². The molecule has 2 aromatic heterocycles. The average Bonchev–Trinajstić information content (AvgIpc) is 4.20. The maximum atomic E-state index is 11.2. The number of carbonyl (C=O) groups excluding carboxylic acids is 1. The van der Waals surface area contributed by atoms with Crippen LogP contribution >= 0.6 is 0 Å². The summed E-state index contributed by atoms with van der Waals surface area (Å²) < 4.78 is 36.8. The van der Waals surface area contributed by atoms with Gasteiger partial charge in [0.1, 0.15) is 0 Å². The van der Waals surface area contributed by atoms with Crippen LogP contribution in [0, 0.1) is 11.8 Å². The Morgan fingerprint density at radius 2 is 1.26 bits per heavy atom. The van der Waals surface area contributed by atoms with Crippen molar-refractivity contribution < 1.29 is 51.1 Å². The second-order valence-electron chi connectivity index (χ2n) is 16.0. The summed E-state index contributed by atoms with van der Waals surface area (Å²) in [6.07, 6.45) is 15.8. The molecule has 2 aliphatic rings. The van der Waals surface area contributed by atoms with Crippen LogP contribution < -0.4 is 34.2 Å². The summed E-state index contributed by atoms with van der Waals surface area (Å²) in [4.78, 5) is 30.2. The van der Waals surface area contributed by atoms with E-state index in [1.165, 1.54) is 0 Å². The van der Waals surface area contributed by atoms with E-state index < -0.39 is 0 Å². The summed E-state index contributed by atoms with van der Waals surface area (Å²) in [5, 5.41) is 0. The molecule has 12 nitrogen and oxygen atoms in total. The summed E-state index contributed by atoms with van der Waals surface area (Å²) in [5.41, 5.74) is 17.1. The first-order chi connectivity index (χ1) is 34.2. The van der Waals surface area contributed by atoms with Gasteiger partial charge in [-0.05, 0) is 36.3 Å². The molecule has 5 aromatic rings. The zero-order valence-corrected chi connectivity index (χ0v) is 43.4. The van der Waals surface area contributed by atoms with Gasteiger partial charge in [0.15, 0.2) is 11.5 Å². The van der Waals surface area contributed by atoms with Crippen LogP contribution in [-0.2, 0) is 17.9 Å². The van der Waals surface area contributed by atoms with Crippen molar-refractivity contribution in [2.75, 3.05) is 41.7 Å². The van der Waals surface area contributed by atoms with E-state index in [1.807, 2.05) is 91.0 Å². The Bertz CT molecular complexity index is 3020. The number of H-pyrrole nitrogens is 1. The van der Waals surface area contributed by atoms with Crippen molar-refractivity contribution in [3.05, 3.63) is 178 Å². The van der Waals surface area contributed by atoms with Crippen molar-refractivity contribution in [1.82, 2.24) is 9.97 Å². The van der Waals surface area contributed by atoms with Crippen molar-refractivity contribution in [2.24, 2.45) is 15.7 Å². The molecule has 0 radical (unpaired) electrons. The van der Waals surface area contributed by atoms with Gasteiger partial charge < -0.3 is 19.9 Å². The van der Waals surface area contributed by atoms with Gasteiger partial charge >= 0.3 is 282 Å². The molecule has 70 heavy (non-hydrogen) atoms. The van der Waals surface area contributed by atoms with Crippen LogP contribution in [0.25, 0.3) is 16.7 Å². The minimum atomic E-state index is 0.414. The fraction of sp³-hybridized carbons (Fsp3) is 0.211. The number of hydrogen-bond acceptors (Lipinski definition) is 11. The Kier molecular flexibility index (Phi) is 17.1. The molecule has 3 aromatic carbocycles. The number of aromatic nitrogens is 2. The molecular weight excluding hydrogens is 932 g/mol. The molecular formula is C57H55N5O7Zn. The Balaban J connectivity index is 1.37. The van der Waals surface area contributed by atoms with Crippen LogP contribution in [0.4, 0.5) is 0 Å². The number of carbonyl (C=O) groups is 1. The van der Waals surface area contributed by atoms with Gasteiger partial charge in [0, 0.05) is 11.3 Å². The average molecular weight is 987 g/mol. The van der Waals surface area contributed by atoms with Crippen molar-refractivity contribution in [1.29, 1.82) is 0 Å². The molecule has 7 rings (SSSR count). The number of unbranched alkanes of at least 4 members (excludes halogenated alkanes) is 2. The first kappa shape index (κ1) is 50.1. The van der Waals surface area contributed by atoms with E-state index in [0.717, 1.165) is 93.3 Å². The first-order valence-corrected chi connectivity index (χ1v) is 24.5. The summed E-state index contributed by atoms with van der Waals surface area (Å²) >= 11 is 0.773. The van der Waals surface area contributed by atoms with E-state index in [2.05, 4.69) is 37.3 Å². The summed E-state index contributed by atoms with van der Waals surface area (Å²) in [7, 11) is 6.43. The molecule has 13 heteroatoms. The van der Waals surface area contributed by atoms with Gasteiger partial charge in [0.2, 0.25) is 5.75 Å². The number of rotatable bonds is 21. The summed E-state index contributed by atoms with van der Waals surface area (Å²) in [6.45, 7) is 9.26. The van der Waals surface area contributed by atoms with E-state index in [4.69, 9.17) is 49.1 Å². The minimum Gasteiger partial charge on any atom is -0.493 e. The van der Waals surface area contributed by atoms with Crippen LogP contribution in [0.2, 0.25) is 0 Å². The van der Waals surface area contributed by atoms with Gasteiger partial charge in [-0.3, -0.25) is 0 Å². The van der Waals surface area contributed by atoms with Gasteiger partial charge in [-0.25, -0.2) is 0 Å². The second-order valence-corrected chi connectivity index (χ2v) is 17.5. The molecule has 0 fully saturated rings. The van der Waals surface area contributed by atoms with E-state index >= 15 is 0 Å². The molecule has 0 bridgehead atoms. The molecule has 4 heterocycles. The van der Waals surface area contributed by atoms with E-state index in [0.29, 0.717) is 92.9 Å². The third kappa shape index (κ3) is 11.4. The number of nitrogens with one attached hydrogen (secondary N) is 1. The number of nitrogens with zero attached hydrogens (tertiary/aromatic N) is 3. The predicted octanol–water partition coefficient (Wildman–Crippen LogP) is 10.5. The van der Waals surface area contributed by atoms with Crippen LogP contribution in [0.15, 0.2) is 149 Å². The number of benzene rings is 3. The number of methoxy groups -OCH3 is 4. The third-order valence-electron chi connectivity index (χ3n) is 11.4. The fourth-order valence-electron chi connectivity index (χ4n) is 7.75. The molecule has 0 spiro atoms. The molecule has 0 unspecified atom stereocenters. The number of ether oxygens (including phenoxy) is 6. The van der Waals surface area contributed by atoms with Gasteiger partial charge in [0.25, 0.3) is 0 Å². The summed E-state index contributed by atoms with van der Waals surface area (Å²) in [5.74, 6) is 9.63. The van der Waals surface area contributed by atoms with Crippen molar-refractivity contribution in [3.63, 3.8) is 0 Å². The Hall–Kier alpha value is -7.81. The number of aromatic amines is 1. The predicted molar refractivity (Wildman–Crippen MR) is 275 cm³/mol. The van der Waals surface area contributed by atoms with E-state index in [1.54, 1.807) is 52.8 Å². The third-order valence-corrected chi connectivity index (χ3v) is 12.5. The molecule has 0 aliphatic carbocycles. The zero-order chi connectivity index (χ0) is 49.6. The maximum absolute atomic E-state index is 11.2. The molecule has 352 valence electrons. The van der Waals surface area contributed by atoms with E-state index in [9.17, 15) is 4.79 Å². The first-order valence-electron chi connectivity index (χ1n) is 23.0. The topological polar surface area (TPSA) is 152 Å². The SMILES string of the molecule is C=C/C(N)=C(C1=N/C(=C(/c2ccccn2)c2ccc(/C(=C3/C=CC([C](=[Zn])C#Cc4ccc(C=O)cc4)=N3)c3cc(OC)c(OCCCC)c(OC)c3)[nH]2)C=C1)\c1cc(OC)c(OCCCC)c(OC)c1. The monoisotopic (exact) mass is 985 g/mol. The van der Waals surface area contributed by atoms with Crippen LogP contribution in [-0.4, -0.2) is 73.4 Å². The minimum absolute atomic E-state index is 0.414. The number of nitrogens with two attached hydrogens (primary N) is 1. The quantitative estimate of drug-likeness (QED) is 0.0241. The van der Waals surface area contributed by atoms with Gasteiger partial charge in [-0.15, -0.1) is 0 Å². The number of hydrogen-bond donors (Lipinski definition) is 2. The number of allylic oxidation sites excluding steroid dienone is 6. The van der Waals surface area contributed by atoms with Crippen LogP contribution in [0.1, 0.15) is 83.7 Å². The standard InChI is InChI=1S/C57H55N5O7.Zn/c1-8-11-30-68-56-49(64-4)32-39(33-50(56)65-5)53(42(58)10-3)44-25-27-47(61-44)55(43-18-13-14-29-59-43)48-28-26-46(62-48)54(40-34-51(66-6)57(52(35-40)67-7)69-31-12-9-2)45-24-23-41(60-45)17-15-16-37-19-21-38(36-63)22-20-37;/h10,13-14,18-29,32-36,62H,3,8-9,11-12,30-31,58H2,1-2,4-7H3;/b53-42-,54-45-,55-47-;. The molecule has 0 atom stereocenters. The van der Waals surface area contributed by atoms with Gasteiger partial charge in [0.05, 0.1) is 20.8 Å². The zero-order valence-electron chi connectivity index (χ0n) is 40.5. The van der Waals surface area contributed by atoms with Crippen LogP contribution in [0.5, 0.6) is 34.5 Å². The Morgan fingerprint density at radius 3 is 1.79 bits per heavy atom. The normalized spacial score (nSPS) is 14.4. The molecule has 0 amide bonds. The van der Waals surface area contributed by atoms with Crippen molar-refractivity contribution in [2.45, 2.75) is 39.5 Å². The fourth-order valence-corrected chi connectivity index (χ4v) is 8.35.